The second-order valence-corrected chi connectivity index (χ2v) is 11.9. The molecule has 0 saturated carbocycles. The van der Waals surface area contributed by atoms with Crippen molar-refractivity contribution in [2.75, 3.05) is 59.0 Å². The van der Waals surface area contributed by atoms with Crippen molar-refractivity contribution in [3.05, 3.63) is 107 Å². The Bertz CT molecular complexity index is 1070. The van der Waals surface area contributed by atoms with E-state index in [4.69, 9.17) is 0 Å². The van der Waals surface area contributed by atoms with E-state index >= 15 is 0 Å². The molecular formula is C38H58BF3N2O3. The molecule has 3 rings (SSSR count). The zero-order valence-electron chi connectivity index (χ0n) is 30.0. The van der Waals surface area contributed by atoms with E-state index in [1.54, 1.807) is 36.4 Å². The number of hydrogen-bond donors (Lipinski definition) is 0. The fraction of sp³-hybridized carbons (Fsp3) is 0.526. The van der Waals surface area contributed by atoms with Gasteiger partial charge in [-0.3, -0.25) is 0 Å². The molecule has 0 amide bonds. The van der Waals surface area contributed by atoms with Crippen LogP contribution in [0.15, 0.2) is 72.8 Å². The van der Waals surface area contributed by atoms with E-state index in [1.165, 1.54) is 97.7 Å². The largest absolute Gasteiger partial charge is 0.871 e. The Morgan fingerprint density at radius 2 is 0.766 bits per heavy atom. The maximum Gasteiger partial charge on any atom is 0.123 e. The first kappa shape index (κ1) is 42.3. The minimum absolute atomic E-state index is 0.0665. The van der Waals surface area contributed by atoms with Crippen LogP contribution in [0.1, 0.15) is 84.9 Å². The van der Waals surface area contributed by atoms with Gasteiger partial charge in [0.1, 0.15) is 17.5 Å². The quantitative estimate of drug-likeness (QED) is 0.0745. The molecular weight excluding hydrogens is 600 g/mol. The van der Waals surface area contributed by atoms with Crippen LogP contribution in [0.5, 0.6) is 0 Å². The van der Waals surface area contributed by atoms with E-state index < -0.39 is 30.2 Å². The molecule has 5 nitrogen and oxygen atoms in total. The molecule has 0 heterocycles. The zero-order valence-corrected chi connectivity index (χ0v) is 30.0. The normalized spacial score (nSPS) is 11.7. The van der Waals surface area contributed by atoms with Crippen LogP contribution in [0.25, 0.3) is 0 Å². The lowest BCUT2D eigenvalue weighted by Crippen LogP contribution is -2.48. The molecule has 0 aliphatic rings. The molecule has 262 valence electrons. The molecule has 0 N–H and O–H groups in total. The standard InChI is InChI=1S/C22H18BF3O3.2C8H20N/c24-19-8-2-16(3-9-19)22(14-1-15-29-23(27)28,17-4-10-20(25)11-5-17)18-6-12-21(26)13-7-18;2*1-5-9(6-2,7-3)8-4/h2-13H,1,14-15H2;2*5-8H2,1-4H3/q-2;2*+1. The van der Waals surface area contributed by atoms with Crippen molar-refractivity contribution in [3.8, 4) is 0 Å². The van der Waals surface area contributed by atoms with Crippen LogP contribution in [0, 0.1) is 17.5 Å². The number of rotatable bonds is 16. The van der Waals surface area contributed by atoms with E-state index in [0.717, 1.165) is 0 Å². The van der Waals surface area contributed by atoms with Gasteiger partial charge in [-0.05, 0) is 121 Å². The number of hydrogen-bond acceptors (Lipinski definition) is 3. The SMILES string of the molecule is CC[N+](CC)(CC)CC.CC[N+](CC)(CC)CC.[O-]B([O-])OCCCC(c1ccc(F)cc1)(c1ccc(F)cc1)c1ccc(F)cc1. The van der Waals surface area contributed by atoms with Gasteiger partial charge in [-0.2, -0.15) is 0 Å². The van der Waals surface area contributed by atoms with Crippen LogP contribution in [-0.2, 0) is 10.1 Å². The second-order valence-electron chi connectivity index (χ2n) is 11.9. The third-order valence-electron chi connectivity index (χ3n) is 10.3. The summed E-state index contributed by atoms with van der Waals surface area (Å²) in [5, 5.41) is 21.3. The zero-order chi connectivity index (χ0) is 35.5. The lowest BCUT2D eigenvalue weighted by atomic mass is 9.67. The van der Waals surface area contributed by atoms with E-state index in [-0.39, 0.29) is 6.61 Å². The predicted molar refractivity (Wildman–Crippen MR) is 185 cm³/mol. The molecule has 0 aliphatic carbocycles. The van der Waals surface area contributed by atoms with Gasteiger partial charge < -0.3 is 23.7 Å². The van der Waals surface area contributed by atoms with Gasteiger partial charge in [0.2, 0.25) is 0 Å². The van der Waals surface area contributed by atoms with E-state index in [9.17, 15) is 23.2 Å². The van der Waals surface area contributed by atoms with Gasteiger partial charge in [-0.15, -0.1) is 0 Å². The van der Waals surface area contributed by atoms with E-state index in [1.807, 2.05) is 0 Å². The van der Waals surface area contributed by atoms with Crippen molar-refractivity contribution in [2.24, 2.45) is 0 Å². The monoisotopic (exact) mass is 658 g/mol. The number of nitrogens with zero attached hydrogens (tertiary/aromatic N) is 2. The first-order valence-corrected chi connectivity index (χ1v) is 17.3. The molecule has 3 aromatic rings. The van der Waals surface area contributed by atoms with E-state index in [0.29, 0.717) is 29.5 Å². The molecule has 0 fully saturated rings. The van der Waals surface area contributed by atoms with Crippen molar-refractivity contribution >= 4 is 7.32 Å². The summed E-state index contributed by atoms with van der Waals surface area (Å²) in [5.41, 5.74) is 1.23. The molecule has 0 aromatic heterocycles. The summed E-state index contributed by atoms with van der Waals surface area (Å²) in [7, 11) is -2.38. The summed E-state index contributed by atoms with van der Waals surface area (Å²) in [5.74, 6) is -1.24. The molecule has 0 radical (unpaired) electrons. The van der Waals surface area contributed by atoms with Gasteiger partial charge in [-0.1, -0.05) is 36.4 Å². The molecule has 0 aliphatic heterocycles. The maximum absolute atomic E-state index is 13.6. The van der Waals surface area contributed by atoms with Crippen LogP contribution < -0.4 is 10.0 Å². The smallest absolute Gasteiger partial charge is 0.123 e. The summed E-state index contributed by atoms with van der Waals surface area (Å²) in [6, 6.07) is 17.6. The summed E-state index contributed by atoms with van der Waals surface area (Å²) in [6.45, 7) is 28.4. The van der Waals surface area contributed by atoms with Crippen molar-refractivity contribution in [1.29, 1.82) is 0 Å². The Labute approximate surface area is 283 Å². The average molecular weight is 659 g/mol. The molecule has 0 atom stereocenters. The first-order chi connectivity index (χ1) is 22.4. The second kappa shape index (κ2) is 21.3. The predicted octanol–water partition coefficient (Wildman–Crippen LogP) is 6.71. The molecule has 0 spiro atoms. The van der Waals surface area contributed by atoms with Crippen molar-refractivity contribution in [2.45, 2.75) is 73.6 Å². The fourth-order valence-electron chi connectivity index (χ4n) is 6.34. The van der Waals surface area contributed by atoms with Crippen molar-refractivity contribution < 1.29 is 36.8 Å². The molecule has 0 unspecified atom stereocenters. The lowest BCUT2D eigenvalue weighted by molar-refractivity contribution is -0.921. The van der Waals surface area contributed by atoms with E-state index in [2.05, 4.69) is 60.0 Å². The Kier molecular flexibility index (Phi) is 19.2. The molecule has 47 heavy (non-hydrogen) atoms. The Morgan fingerprint density at radius 1 is 0.511 bits per heavy atom. The minimum atomic E-state index is -2.38. The Hall–Kier alpha value is -2.69. The van der Waals surface area contributed by atoms with Crippen molar-refractivity contribution in [1.82, 2.24) is 0 Å². The van der Waals surface area contributed by atoms with Gasteiger partial charge in [0.15, 0.2) is 0 Å². The average Bonchev–Trinajstić information content (AvgIpc) is 3.09. The van der Waals surface area contributed by atoms with Crippen LogP contribution in [0.3, 0.4) is 0 Å². The van der Waals surface area contributed by atoms with Crippen LogP contribution in [0.2, 0.25) is 0 Å². The highest BCUT2D eigenvalue weighted by atomic mass is 19.1. The molecule has 3 aromatic carbocycles. The van der Waals surface area contributed by atoms with Gasteiger partial charge in [0.05, 0.1) is 59.7 Å². The highest BCUT2D eigenvalue weighted by Crippen LogP contribution is 2.43. The molecule has 0 saturated heterocycles. The molecule has 9 heteroatoms. The number of halogens is 3. The van der Waals surface area contributed by atoms with Gasteiger partial charge in [0.25, 0.3) is 0 Å². The van der Waals surface area contributed by atoms with Gasteiger partial charge in [-0.25, -0.2) is 13.2 Å². The lowest BCUT2D eigenvalue weighted by Gasteiger charge is -2.37. The topological polar surface area (TPSA) is 55.3 Å². The third kappa shape index (κ3) is 12.4. The molecule has 0 bridgehead atoms. The summed E-state index contributed by atoms with van der Waals surface area (Å²) < 4.78 is 47.9. The van der Waals surface area contributed by atoms with Gasteiger partial charge >= 0.3 is 0 Å². The number of benzene rings is 3. The summed E-state index contributed by atoms with van der Waals surface area (Å²) in [6.07, 6.45) is 0.690. The van der Waals surface area contributed by atoms with Crippen LogP contribution in [0.4, 0.5) is 13.2 Å². The fourth-order valence-corrected chi connectivity index (χ4v) is 6.34. The first-order valence-electron chi connectivity index (χ1n) is 17.3. The highest BCUT2D eigenvalue weighted by molar-refractivity contribution is 6.28. The minimum Gasteiger partial charge on any atom is -0.871 e. The number of quaternary nitrogens is 2. The maximum atomic E-state index is 13.6. The van der Waals surface area contributed by atoms with Crippen LogP contribution in [-0.4, -0.2) is 75.3 Å². The van der Waals surface area contributed by atoms with Gasteiger partial charge in [0, 0.05) is 12.0 Å². The summed E-state index contributed by atoms with van der Waals surface area (Å²) >= 11 is 0. The Balaban J connectivity index is 0.000000504. The van der Waals surface area contributed by atoms with Crippen molar-refractivity contribution in [3.63, 3.8) is 0 Å². The van der Waals surface area contributed by atoms with Crippen LogP contribution >= 0.6 is 0 Å². The Morgan fingerprint density at radius 3 is 0.957 bits per heavy atom. The summed E-state index contributed by atoms with van der Waals surface area (Å²) in [4.78, 5) is 0. The third-order valence-corrected chi connectivity index (χ3v) is 10.3. The highest BCUT2D eigenvalue weighted by Gasteiger charge is 2.36.